The maximum Gasteiger partial charge on any atom is 0.308 e. The van der Waals surface area contributed by atoms with Crippen molar-refractivity contribution in [2.45, 2.75) is 39.0 Å². The number of hydrogen-bond acceptors (Lipinski definition) is 2. The van der Waals surface area contributed by atoms with Crippen molar-refractivity contribution in [1.29, 1.82) is 0 Å². The number of hydrogen-bond donors (Lipinski definition) is 2. The van der Waals surface area contributed by atoms with Crippen molar-refractivity contribution in [1.82, 2.24) is 5.32 Å². The Morgan fingerprint density at radius 3 is 2.35 bits per heavy atom. The summed E-state index contributed by atoms with van der Waals surface area (Å²) in [5, 5.41) is 11.9. The molecule has 0 saturated heterocycles. The molecule has 1 rings (SSSR count). The van der Waals surface area contributed by atoms with Gasteiger partial charge in [-0.3, -0.25) is 9.59 Å². The second kappa shape index (κ2) is 7.08. The van der Waals surface area contributed by atoms with Gasteiger partial charge in [0, 0.05) is 6.54 Å². The summed E-state index contributed by atoms with van der Waals surface area (Å²) in [4.78, 5) is 23.4. The molecule has 0 bridgehead atoms. The molecule has 20 heavy (non-hydrogen) atoms. The average molecular weight is 277 g/mol. The summed E-state index contributed by atoms with van der Waals surface area (Å²) in [6, 6.07) is 9.49. The molecule has 2 N–H and O–H groups in total. The van der Waals surface area contributed by atoms with Crippen LogP contribution in [0.5, 0.6) is 0 Å². The minimum Gasteiger partial charge on any atom is -0.481 e. The number of amides is 1. The zero-order valence-electron chi connectivity index (χ0n) is 12.3. The van der Waals surface area contributed by atoms with Crippen molar-refractivity contribution in [3.05, 3.63) is 35.9 Å². The molecule has 0 aliphatic carbocycles. The number of carboxylic acids is 1. The Kier molecular flexibility index (Phi) is 5.74. The molecule has 0 aliphatic rings. The van der Waals surface area contributed by atoms with E-state index in [-0.39, 0.29) is 12.5 Å². The molecular weight excluding hydrogens is 254 g/mol. The molecule has 0 heterocycles. The number of rotatable bonds is 7. The third-order valence-corrected chi connectivity index (χ3v) is 3.56. The molecule has 1 amide bonds. The lowest BCUT2D eigenvalue weighted by atomic mass is 9.83. The Labute approximate surface area is 120 Å². The van der Waals surface area contributed by atoms with E-state index in [4.69, 9.17) is 5.11 Å². The van der Waals surface area contributed by atoms with Gasteiger partial charge in [0.2, 0.25) is 5.91 Å². The topological polar surface area (TPSA) is 66.4 Å². The molecule has 0 spiro atoms. The van der Waals surface area contributed by atoms with E-state index in [0.29, 0.717) is 6.42 Å². The van der Waals surface area contributed by atoms with Crippen molar-refractivity contribution in [3.8, 4) is 0 Å². The number of aliphatic carboxylic acids is 1. The highest BCUT2D eigenvalue weighted by molar-refractivity contribution is 5.87. The van der Waals surface area contributed by atoms with E-state index in [9.17, 15) is 9.59 Å². The summed E-state index contributed by atoms with van der Waals surface area (Å²) in [5.74, 6) is -1.52. The molecule has 0 saturated carbocycles. The van der Waals surface area contributed by atoms with Crippen LogP contribution in [0.3, 0.4) is 0 Å². The molecule has 1 atom stereocenters. The van der Waals surface area contributed by atoms with Crippen LogP contribution in [-0.4, -0.2) is 23.5 Å². The lowest BCUT2D eigenvalue weighted by Gasteiger charge is -2.25. The number of carboxylic acid groups (broad SMARTS) is 1. The first-order chi connectivity index (χ1) is 9.39. The summed E-state index contributed by atoms with van der Waals surface area (Å²) in [6.07, 6.45) is 1.36. The summed E-state index contributed by atoms with van der Waals surface area (Å²) < 4.78 is 0. The van der Waals surface area contributed by atoms with Crippen molar-refractivity contribution in [2.24, 2.45) is 5.92 Å². The normalized spacial score (nSPS) is 12.8. The lowest BCUT2D eigenvalue weighted by Crippen LogP contribution is -2.43. The molecule has 4 heteroatoms. The highest BCUT2D eigenvalue weighted by Crippen LogP contribution is 2.23. The highest BCUT2D eigenvalue weighted by Gasteiger charge is 2.30. The van der Waals surface area contributed by atoms with E-state index >= 15 is 0 Å². The maximum atomic E-state index is 12.3. The van der Waals surface area contributed by atoms with Gasteiger partial charge in [0.05, 0.1) is 11.3 Å². The van der Waals surface area contributed by atoms with Crippen LogP contribution in [0.1, 0.15) is 39.2 Å². The zero-order chi connectivity index (χ0) is 15.2. The van der Waals surface area contributed by atoms with Gasteiger partial charge in [-0.1, -0.05) is 43.7 Å². The molecule has 4 nitrogen and oxygen atoms in total. The summed E-state index contributed by atoms with van der Waals surface area (Å²) >= 11 is 0. The van der Waals surface area contributed by atoms with E-state index in [0.717, 1.165) is 12.0 Å². The molecule has 0 radical (unpaired) electrons. The Hall–Kier alpha value is -1.84. The van der Waals surface area contributed by atoms with Gasteiger partial charge in [-0.15, -0.1) is 0 Å². The molecular formula is C16H23NO3. The first kappa shape index (κ1) is 16.2. The van der Waals surface area contributed by atoms with Gasteiger partial charge in [0.15, 0.2) is 0 Å². The Morgan fingerprint density at radius 2 is 1.85 bits per heavy atom. The standard InChI is InChI=1S/C16H23NO3/c1-4-8-12(14(18)19)11-17-15(20)16(2,3)13-9-6-5-7-10-13/h5-7,9-10,12H,4,8,11H2,1-3H3,(H,17,20)(H,18,19). The third kappa shape index (κ3) is 4.08. The fraction of sp³-hybridized carbons (Fsp3) is 0.500. The largest absolute Gasteiger partial charge is 0.481 e. The second-order valence-corrected chi connectivity index (χ2v) is 5.52. The van der Waals surface area contributed by atoms with Crippen LogP contribution >= 0.6 is 0 Å². The molecule has 0 aliphatic heterocycles. The van der Waals surface area contributed by atoms with Crippen LogP contribution < -0.4 is 5.32 Å². The van der Waals surface area contributed by atoms with Crippen LogP contribution in [-0.2, 0) is 15.0 Å². The van der Waals surface area contributed by atoms with E-state index in [2.05, 4.69) is 5.32 Å². The van der Waals surface area contributed by atoms with Crippen molar-refractivity contribution < 1.29 is 14.7 Å². The van der Waals surface area contributed by atoms with Gasteiger partial charge < -0.3 is 10.4 Å². The number of carbonyl (C=O) groups is 2. The van der Waals surface area contributed by atoms with E-state index in [1.807, 2.05) is 51.1 Å². The quantitative estimate of drug-likeness (QED) is 0.805. The van der Waals surface area contributed by atoms with Gasteiger partial charge in [0.1, 0.15) is 0 Å². The molecule has 1 aromatic carbocycles. The summed E-state index contributed by atoms with van der Waals surface area (Å²) in [5.41, 5.74) is 0.246. The Morgan fingerprint density at radius 1 is 1.25 bits per heavy atom. The number of carbonyl (C=O) groups excluding carboxylic acids is 1. The molecule has 1 unspecified atom stereocenters. The molecule has 0 aromatic heterocycles. The first-order valence-electron chi connectivity index (χ1n) is 6.96. The van der Waals surface area contributed by atoms with Crippen LogP contribution in [0.4, 0.5) is 0 Å². The van der Waals surface area contributed by atoms with Gasteiger partial charge in [-0.2, -0.15) is 0 Å². The summed E-state index contributed by atoms with van der Waals surface area (Å²) in [7, 11) is 0. The van der Waals surface area contributed by atoms with Crippen molar-refractivity contribution >= 4 is 11.9 Å². The van der Waals surface area contributed by atoms with Crippen LogP contribution in [0, 0.1) is 5.92 Å². The molecule has 0 fully saturated rings. The lowest BCUT2D eigenvalue weighted by molar-refractivity contribution is -0.142. The Balaban J connectivity index is 2.68. The van der Waals surface area contributed by atoms with Gasteiger partial charge in [-0.25, -0.2) is 0 Å². The predicted molar refractivity (Wildman–Crippen MR) is 78.5 cm³/mol. The minimum atomic E-state index is -0.857. The van der Waals surface area contributed by atoms with Crippen LogP contribution in [0.2, 0.25) is 0 Å². The maximum absolute atomic E-state index is 12.3. The van der Waals surface area contributed by atoms with E-state index in [1.54, 1.807) is 0 Å². The fourth-order valence-corrected chi connectivity index (χ4v) is 2.08. The van der Waals surface area contributed by atoms with E-state index in [1.165, 1.54) is 0 Å². The molecule has 1 aromatic rings. The minimum absolute atomic E-state index is 0.147. The highest BCUT2D eigenvalue weighted by atomic mass is 16.4. The number of nitrogens with one attached hydrogen (secondary N) is 1. The first-order valence-corrected chi connectivity index (χ1v) is 6.96. The van der Waals surface area contributed by atoms with Crippen molar-refractivity contribution in [3.63, 3.8) is 0 Å². The van der Waals surface area contributed by atoms with Gasteiger partial charge >= 0.3 is 5.97 Å². The van der Waals surface area contributed by atoms with Gasteiger partial charge in [0.25, 0.3) is 0 Å². The van der Waals surface area contributed by atoms with E-state index < -0.39 is 17.3 Å². The monoisotopic (exact) mass is 277 g/mol. The second-order valence-electron chi connectivity index (χ2n) is 5.52. The fourth-order valence-electron chi connectivity index (χ4n) is 2.08. The van der Waals surface area contributed by atoms with Gasteiger partial charge in [-0.05, 0) is 25.8 Å². The predicted octanol–water partition coefficient (Wildman–Crippen LogP) is 2.58. The summed E-state index contributed by atoms with van der Waals surface area (Å²) in [6.45, 7) is 5.80. The number of benzene rings is 1. The average Bonchev–Trinajstić information content (AvgIpc) is 2.43. The SMILES string of the molecule is CCCC(CNC(=O)C(C)(C)c1ccccc1)C(=O)O. The third-order valence-electron chi connectivity index (χ3n) is 3.56. The smallest absolute Gasteiger partial charge is 0.308 e. The Bertz CT molecular complexity index is 454. The zero-order valence-corrected chi connectivity index (χ0v) is 12.3. The van der Waals surface area contributed by atoms with Crippen LogP contribution in [0.25, 0.3) is 0 Å². The van der Waals surface area contributed by atoms with Crippen molar-refractivity contribution in [2.75, 3.05) is 6.54 Å². The molecule has 110 valence electrons. The van der Waals surface area contributed by atoms with Crippen LogP contribution in [0.15, 0.2) is 30.3 Å².